The summed E-state index contributed by atoms with van der Waals surface area (Å²) in [6, 6.07) is 15.6. The maximum atomic E-state index is 12.1. The Morgan fingerprint density at radius 1 is 1.09 bits per heavy atom. The van der Waals surface area contributed by atoms with E-state index in [-0.39, 0.29) is 5.91 Å². The average molecular weight is 290 g/mol. The van der Waals surface area contributed by atoms with Crippen LogP contribution in [0.3, 0.4) is 0 Å². The van der Waals surface area contributed by atoms with Crippen molar-refractivity contribution in [2.24, 2.45) is 0 Å². The smallest absolute Gasteiger partial charge is 0.255 e. The molecule has 22 heavy (non-hydrogen) atoms. The standard InChI is InChI=1S/C15H10N6O/c16-9-11-1-3-12(4-2-11)15(22)18-13-5-7-14(8-6-13)21-10-17-19-20-21/h1-8,10H,(H,18,22). The lowest BCUT2D eigenvalue weighted by atomic mass is 10.1. The fraction of sp³-hybridized carbons (Fsp3) is 0. The molecule has 1 heterocycles. The highest BCUT2D eigenvalue weighted by atomic mass is 16.1. The van der Waals surface area contributed by atoms with Crippen molar-refractivity contribution in [3.63, 3.8) is 0 Å². The number of hydrogen-bond donors (Lipinski definition) is 1. The number of carbonyl (C=O) groups is 1. The van der Waals surface area contributed by atoms with Crippen molar-refractivity contribution < 1.29 is 4.79 Å². The highest BCUT2D eigenvalue weighted by Crippen LogP contribution is 2.13. The van der Waals surface area contributed by atoms with Gasteiger partial charge in [0.1, 0.15) is 6.33 Å². The zero-order valence-corrected chi connectivity index (χ0v) is 11.3. The van der Waals surface area contributed by atoms with Crippen molar-refractivity contribution in [2.45, 2.75) is 0 Å². The maximum absolute atomic E-state index is 12.1. The van der Waals surface area contributed by atoms with E-state index >= 15 is 0 Å². The normalized spacial score (nSPS) is 9.95. The van der Waals surface area contributed by atoms with Gasteiger partial charge in [-0.25, -0.2) is 4.68 Å². The van der Waals surface area contributed by atoms with Gasteiger partial charge < -0.3 is 5.32 Å². The van der Waals surface area contributed by atoms with Crippen LogP contribution in [-0.4, -0.2) is 26.1 Å². The zero-order chi connectivity index (χ0) is 15.4. The molecule has 0 saturated carbocycles. The lowest BCUT2D eigenvalue weighted by Crippen LogP contribution is -2.11. The molecule has 2 aromatic carbocycles. The van der Waals surface area contributed by atoms with Crippen LogP contribution >= 0.6 is 0 Å². The summed E-state index contributed by atoms with van der Waals surface area (Å²) in [7, 11) is 0. The van der Waals surface area contributed by atoms with Crippen LogP contribution in [0.25, 0.3) is 5.69 Å². The first kappa shape index (κ1) is 13.5. The molecule has 1 aromatic heterocycles. The molecule has 1 amide bonds. The Kier molecular flexibility index (Phi) is 3.58. The molecule has 1 N–H and O–H groups in total. The lowest BCUT2D eigenvalue weighted by molar-refractivity contribution is 0.102. The van der Waals surface area contributed by atoms with Crippen LogP contribution in [0.2, 0.25) is 0 Å². The molecule has 3 aromatic rings. The predicted octanol–water partition coefficient (Wildman–Crippen LogP) is 1.79. The van der Waals surface area contributed by atoms with E-state index in [0.717, 1.165) is 5.69 Å². The molecule has 0 aliphatic heterocycles. The molecule has 7 nitrogen and oxygen atoms in total. The molecule has 0 aliphatic carbocycles. The Labute approximate surface area is 125 Å². The van der Waals surface area contributed by atoms with Gasteiger partial charge in [0.05, 0.1) is 17.3 Å². The molecular formula is C15H10N6O. The summed E-state index contributed by atoms with van der Waals surface area (Å²) in [5, 5.41) is 22.4. The van der Waals surface area contributed by atoms with Crippen molar-refractivity contribution in [3.8, 4) is 11.8 Å². The second-order valence-corrected chi connectivity index (χ2v) is 4.44. The van der Waals surface area contributed by atoms with E-state index in [4.69, 9.17) is 5.26 Å². The minimum atomic E-state index is -0.236. The first-order valence-electron chi connectivity index (χ1n) is 6.41. The molecule has 0 radical (unpaired) electrons. The first-order chi connectivity index (χ1) is 10.8. The molecule has 0 atom stereocenters. The molecule has 7 heteroatoms. The van der Waals surface area contributed by atoms with E-state index in [1.165, 1.54) is 11.0 Å². The summed E-state index contributed by atoms with van der Waals surface area (Å²) in [6.45, 7) is 0. The summed E-state index contributed by atoms with van der Waals surface area (Å²) in [5.74, 6) is -0.236. The summed E-state index contributed by atoms with van der Waals surface area (Å²) in [4.78, 5) is 12.1. The highest BCUT2D eigenvalue weighted by molar-refractivity contribution is 6.04. The van der Waals surface area contributed by atoms with Gasteiger partial charge in [-0.05, 0) is 59.0 Å². The van der Waals surface area contributed by atoms with Crippen LogP contribution in [0.4, 0.5) is 5.69 Å². The second-order valence-electron chi connectivity index (χ2n) is 4.44. The van der Waals surface area contributed by atoms with Gasteiger partial charge in [0.15, 0.2) is 0 Å². The number of nitrogens with zero attached hydrogens (tertiary/aromatic N) is 5. The third-order valence-electron chi connectivity index (χ3n) is 3.01. The number of nitrogens with one attached hydrogen (secondary N) is 1. The molecule has 0 unspecified atom stereocenters. The van der Waals surface area contributed by atoms with E-state index < -0.39 is 0 Å². The minimum Gasteiger partial charge on any atom is -0.322 e. The number of nitriles is 1. The van der Waals surface area contributed by atoms with Crippen LogP contribution in [0.5, 0.6) is 0 Å². The number of tetrazole rings is 1. The van der Waals surface area contributed by atoms with Gasteiger partial charge >= 0.3 is 0 Å². The van der Waals surface area contributed by atoms with E-state index in [2.05, 4.69) is 20.8 Å². The molecule has 0 aliphatic rings. The number of hydrogen-bond acceptors (Lipinski definition) is 5. The van der Waals surface area contributed by atoms with Gasteiger partial charge in [-0.2, -0.15) is 5.26 Å². The molecule has 0 bridgehead atoms. The Morgan fingerprint density at radius 3 is 2.41 bits per heavy atom. The van der Waals surface area contributed by atoms with Gasteiger partial charge in [0, 0.05) is 11.3 Å². The zero-order valence-electron chi connectivity index (χ0n) is 11.3. The fourth-order valence-corrected chi connectivity index (χ4v) is 1.88. The molecular weight excluding hydrogens is 280 g/mol. The molecule has 0 fully saturated rings. The highest BCUT2D eigenvalue weighted by Gasteiger charge is 2.06. The average Bonchev–Trinajstić information content (AvgIpc) is 3.10. The van der Waals surface area contributed by atoms with Gasteiger partial charge in [0.25, 0.3) is 5.91 Å². The minimum absolute atomic E-state index is 0.236. The van der Waals surface area contributed by atoms with Crippen molar-refractivity contribution in [1.82, 2.24) is 20.2 Å². The van der Waals surface area contributed by atoms with Crippen molar-refractivity contribution in [1.29, 1.82) is 5.26 Å². The summed E-state index contributed by atoms with van der Waals surface area (Å²) < 4.78 is 1.52. The Balaban J connectivity index is 1.72. The maximum Gasteiger partial charge on any atom is 0.255 e. The molecule has 106 valence electrons. The van der Waals surface area contributed by atoms with E-state index in [1.54, 1.807) is 48.5 Å². The van der Waals surface area contributed by atoms with Crippen LogP contribution in [-0.2, 0) is 0 Å². The van der Waals surface area contributed by atoms with Crippen molar-refractivity contribution in [3.05, 3.63) is 66.0 Å². The van der Waals surface area contributed by atoms with Gasteiger partial charge in [0.2, 0.25) is 0 Å². The van der Waals surface area contributed by atoms with E-state index in [0.29, 0.717) is 16.8 Å². The van der Waals surface area contributed by atoms with Crippen molar-refractivity contribution in [2.75, 3.05) is 5.32 Å². The third-order valence-corrected chi connectivity index (χ3v) is 3.01. The number of rotatable bonds is 3. The monoisotopic (exact) mass is 290 g/mol. The largest absolute Gasteiger partial charge is 0.322 e. The molecule has 3 rings (SSSR count). The Bertz CT molecular complexity index is 816. The van der Waals surface area contributed by atoms with Gasteiger partial charge in [-0.3, -0.25) is 4.79 Å². The number of anilines is 1. The first-order valence-corrected chi connectivity index (χ1v) is 6.41. The van der Waals surface area contributed by atoms with E-state index in [9.17, 15) is 4.79 Å². The topological polar surface area (TPSA) is 96.5 Å². The van der Waals surface area contributed by atoms with Crippen LogP contribution in [0.1, 0.15) is 15.9 Å². The van der Waals surface area contributed by atoms with Crippen LogP contribution in [0.15, 0.2) is 54.9 Å². The second kappa shape index (κ2) is 5.85. The summed E-state index contributed by atoms with van der Waals surface area (Å²) >= 11 is 0. The number of carbonyl (C=O) groups excluding carboxylic acids is 1. The number of benzene rings is 2. The Hall–Kier alpha value is -3.53. The number of amides is 1. The summed E-state index contributed by atoms with van der Waals surface area (Å²) in [5.41, 5.74) is 2.46. The summed E-state index contributed by atoms with van der Waals surface area (Å²) in [6.07, 6.45) is 1.49. The lowest BCUT2D eigenvalue weighted by Gasteiger charge is -2.06. The third kappa shape index (κ3) is 2.81. The van der Waals surface area contributed by atoms with Crippen molar-refractivity contribution >= 4 is 11.6 Å². The molecule has 0 spiro atoms. The number of aromatic nitrogens is 4. The molecule has 0 saturated heterocycles. The van der Waals surface area contributed by atoms with Crippen LogP contribution in [0, 0.1) is 11.3 Å². The quantitative estimate of drug-likeness (QED) is 0.793. The van der Waals surface area contributed by atoms with Gasteiger partial charge in [-0.1, -0.05) is 0 Å². The fourth-order valence-electron chi connectivity index (χ4n) is 1.88. The predicted molar refractivity (Wildman–Crippen MR) is 78.3 cm³/mol. The SMILES string of the molecule is N#Cc1ccc(C(=O)Nc2ccc(-n3cnnn3)cc2)cc1. The van der Waals surface area contributed by atoms with Gasteiger partial charge in [-0.15, -0.1) is 5.10 Å². The van der Waals surface area contributed by atoms with E-state index in [1.807, 2.05) is 6.07 Å². The Morgan fingerprint density at radius 2 is 1.82 bits per heavy atom. The van der Waals surface area contributed by atoms with Crippen LogP contribution < -0.4 is 5.32 Å².